The molecular formula is C35H67N5O6S. The van der Waals surface area contributed by atoms with Gasteiger partial charge < -0.3 is 20.2 Å². The van der Waals surface area contributed by atoms with Crippen LogP contribution in [0.2, 0.25) is 0 Å². The van der Waals surface area contributed by atoms with E-state index in [9.17, 15) is 27.9 Å². The van der Waals surface area contributed by atoms with Crippen molar-refractivity contribution in [3.05, 3.63) is 0 Å². The number of nitrogens with one attached hydrogen (secondary N) is 2. The molecule has 0 aromatic heterocycles. The second-order valence-corrected chi connectivity index (χ2v) is 16.6. The van der Waals surface area contributed by atoms with Gasteiger partial charge in [0.05, 0.1) is 17.9 Å². The van der Waals surface area contributed by atoms with Crippen molar-refractivity contribution in [3.63, 3.8) is 0 Å². The smallest absolute Gasteiger partial charge is 0.225 e. The van der Waals surface area contributed by atoms with Gasteiger partial charge in [0.1, 0.15) is 0 Å². The molecule has 2 aliphatic carbocycles. The van der Waals surface area contributed by atoms with Crippen molar-refractivity contribution in [1.82, 2.24) is 25.0 Å². The first-order chi connectivity index (χ1) is 22.2. The number of nitrogens with zero attached hydrogens (tertiary/aromatic N) is 3. The van der Waals surface area contributed by atoms with Gasteiger partial charge in [-0.25, -0.2) is 13.4 Å². The lowest BCUT2D eigenvalue weighted by Crippen LogP contribution is -2.55. The predicted octanol–water partition coefficient (Wildman–Crippen LogP) is 4.16. The van der Waals surface area contributed by atoms with Crippen LogP contribution < -0.4 is 10.1 Å². The largest absolute Gasteiger partial charge is 0.390 e. The Labute approximate surface area is 286 Å². The first-order valence-electron chi connectivity index (χ1n) is 18.4. The van der Waals surface area contributed by atoms with E-state index in [4.69, 9.17) is 0 Å². The van der Waals surface area contributed by atoms with Gasteiger partial charge in [-0.1, -0.05) is 73.1 Å². The highest BCUT2D eigenvalue weighted by molar-refractivity contribution is 7.89. The summed E-state index contributed by atoms with van der Waals surface area (Å²) in [6.07, 6.45) is 9.53. The first kappa shape index (κ1) is 41.4. The lowest BCUT2D eigenvalue weighted by atomic mass is 9.73. The van der Waals surface area contributed by atoms with E-state index in [2.05, 4.69) is 10.1 Å². The van der Waals surface area contributed by atoms with Gasteiger partial charge in [0.2, 0.25) is 27.7 Å². The van der Waals surface area contributed by atoms with Gasteiger partial charge >= 0.3 is 0 Å². The maximum absolute atomic E-state index is 14.1. The molecule has 0 heterocycles. The molecule has 3 amide bonds. The minimum absolute atomic E-state index is 0.0155. The van der Waals surface area contributed by atoms with Crippen molar-refractivity contribution in [2.75, 3.05) is 46.0 Å². The van der Waals surface area contributed by atoms with E-state index in [-0.39, 0.29) is 35.9 Å². The quantitative estimate of drug-likeness (QED) is 0.164. The van der Waals surface area contributed by atoms with E-state index in [1.807, 2.05) is 39.5 Å². The SMILES string of the molecule is CCCCN(CC(O)C(CC1CCCCC1)NC(=O)C1CC(C(=O)N(C)C)CC(C(=O)N(CCC)CCC)C1)NS(=O)(=O)CC(C)C. The lowest BCUT2D eigenvalue weighted by Gasteiger charge is -2.38. The van der Waals surface area contributed by atoms with Crippen LogP contribution in [0.5, 0.6) is 0 Å². The van der Waals surface area contributed by atoms with Crippen LogP contribution in [-0.2, 0) is 24.4 Å². The number of carbonyl (C=O) groups excluding carboxylic acids is 3. The first-order valence-corrected chi connectivity index (χ1v) is 20.1. The van der Waals surface area contributed by atoms with Crippen LogP contribution in [0.4, 0.5) is 0 Å². The Balaban J connectivity index is 2.32. The number of hydrazine groups is 1. The van der Waals surface area contributed by atoms with Crippen LogP contribution in [-0.4, -0.2) is 104 Å². The predicted molar refractivity (Wildman–Crippen MR) is 188 cm³/mol. The molecule has 0 aromatic rings. The highest BCUT2D eigenvalue weighted by atomic mass is 32.2. The summed E-state index contributed by atoms with van der Waals surface area (Å²) in [5, 5.41) is 16.4. The summed E-state index contributed by atoms with van der Waals surface area (Å²) in [7, 11) is -0.179. The molecule has 0 aromatic carbocycles. The van der Waals surface area contributed by atoms with Crippen molar-refractivity contribution >= 4 is 27.7 Å². The van der Waals surface area contributed by atoms with Crippen molar-refractivity contribution in [2.45, 2.75) is 130 Å². The van der Waals surface area contributed by atoms with Gasteiger partial charge in [0.15, 0.2) is 0 Å². The number of sulfonamides is 1. The molecule has 5 atom stereocenters. The summed E-state index contributed by atoms with van der Waals surface area (Å²) in [5.41, 5.74) is 0. The Morgan fingerprint density at radius 1 is 0.830 bits per heavy atom. The third kappa shape index (κ3) is 14.3. The average Bonchev–Trinajstić information content (AvgIpc) is 3.01. The van der Waals surface area contributed by atoms with E-state index in [0.717, 1.165) is 51.4 Å². The number of carbonyl (C=O) groups is 3. The van der Waals surface area contributed by atoms with Gasteiger partial charge in [-0.2, -0.15) is 0 Å². The molecule has 0 bridgehead atoms. The van der Waals surface area contributed by atoms with E-state index in [1.165, 1.54) is 6.42 Å². The molecule has 0 aliphatic heterocycles. The lowest BCUT2D eigenvalue weighted by molar-refractivity contribution is -0.143. The van der Waals surface area contributed by atoms with Crippen LogP contribution in [0, 0.1) is 29.6 Å². The average molecular weight is 686 g/mol. The molecular weight excluding hydrogens is 618 g/mol. The third-order valence-electron chi connectivity index (χ3n) is 9.63. The highest BCUT2D eigenvalue weighted by Crippen LogP contribution is 2.36. The molecule has 47 heavy (non-hydrogen) atoms. The van der Waals surface area contributed by atoms with E-state index in [0.29, 0.717) is 51.2 Å². The standard InChI is InChI=1S/C35H67N5O6S/c1-8-11-19-40(37-47(45,46)25-26(4)5)24-32(41)31(20-27-15-13-12-14-16-27)36-33(42)28-21-29(34(43)38(6)7)23-30(22-28)35(44)39(17-9-2)18-10-3/h26-32,37,41H,8-25H2,1-7H3,(H,36,42). The van der Waals surface area contributed by atoms with Crippen molar-refractivity contribution in [3.8, 4) is 0 Å². The molecule has 0 saturated heterocycles. The number of amides is 3. The van der Waals surface area contributed by atoms with Crippen LogP contribution in [0.1, 0.15) is 118 Å². The Kier molecular flexibility index (Phi) is 18.2. The van der Waals surface area contributed by atoms with Crippen LogP contribution in [0.15, 0.2) is 0 Å². The minimum Gasteiger partial charge on any atom is -0.390 e. The molecule has 0 radical (unpaired) electrons. The van der Waals surface area contributed by atoms with Gasteiger partial charge in [0, 0.05) is 58.0 Å². The molecule has 0 spiro atoms. The Hall–Kier alpha value is -1.76. The maximum Gasteiger partial charge on any atom is 0.225 e. The minimum atomic E-state index is -3.59. The van der Waals surface area contributed by atoms with E-state index >= 15 is 0 Å². The maximum atomic E-state index is 14.1. The molecule has 2 fully saturated rings. The molecule has 274 valence electrons. The molecule has 5 unspecified atom stereocenters. The number of aliphatic hydroxyl groups is 1. The fourth-order valence-electron chi connectivity index (χ4n) is 7.38. The molecule has 12 heteroatoms. The number of rotatable bonds is 20. The summed E-state index contributed by atoms with van der Waals surface area (Å²) < 4.78 is 25.7. The summed E-state index contributed by atoms with van der Waals surface area (Å²) in [6.45, 7) is 11.6. The van der Waals surface area contributed by atoms with Crippen molar-refractivity contribution < 1.29 is 27.9 Å². The third-order valence-corrected chi connectivity index (χ3v) is 11.3. The monoisotopic (exact) mass is 685 g/mol. The van der Waals surface area contributed by atoms with Crippen LogP contribution >= 0.6 is 0 Å². The summed E-state index contributed by atoms with van der Waals surface area (Å²) in [5.74, 6) is -1.41. The van der Waals surface area contributed by atoms with Gasteiger partial charge in [0.25, 0.3) is 0 Å². The number of unbranched alkanes of at least 4 members (excludes halogenated alkanes) is 1. The fraction of sp³-hybridized carbons (Fsp3) is 0.914. The van der Waals surface area contributed by atoms with Gasteiger partial charge in [-0.15, -0.1) is 4.83 Å². The molecule has 11 nitrogen and oxygen atoms in total. The summed E-state index contributed by atoms with van der Waals surface area (Å²) in [6, 6.07) is -0.583. The molecule has 2 saturated carbocycles. The van der Waals surface area contributed by atoms with E-state index < -0.39 is 39.9 Å². The van der Waals surface area contributed by atoms with Crippen molar-refractivity contribution in [1.29, 1.82) is 0 Å². The topological polar surface area (TPSA) is 139 Å². The van der Waals surface area contributed by atoms with Crippen molar-refractivity contribution in [2.24, 2.45) is 29.6 Å². The summed E-state index contributed by atoms with van der Waals surface area (Å²) in [4.78, 5) is 47.1. The zero-order chi connectivity index (χ0) is 35.1. The summed E-state index contributed by atoms with van der Waals surface area (Å²) >= 11 is 0. The number of aliphatic hydroxyl groups excluding tert-OH is 1. The zero-order valence-electron chi connectivity index (χ0n) is 30.5. The second kappa shape index (κ2) is 20.7. The van der Waals surface area contributed by atoms with E-state index in [1.54, 1.807) is 24.0 Å². The number of hydrogen-bond acceptors (Lipinski definition) is 7. The van der Waals surface area contributed by atoms with Crippen LogP contribution in [0.3, 0.4) is 0 Å². The molecule has 2 aliphatic rings. The zero-order valence-corrected chi connectivity index (χ0v) is 31.3. The molecule has 2 rings (SSSR count). The highest BCUT2D eigenvalue weighted by Gasteiger charge is 2.41. The van der Waals surface area contributed by atoms with Crippen LogP contribution in [0.25, 0.3) is 0 Å². The van der Waals surface area contributed by atoms with Gasteiger partial charge in [-0.3, -0.25) is 14.4 Å². The Bertz CT molecular complexity index is 1060. The fourth-order valence-corrected chi connectivity index (χ4v) is 8.89. The molecule has 3 N–H and O–H groups in total. The normalized spacial score (nSPS) is 22.2. The second-order valence-electron chi connectivity index (χ2n) is 14.8. The Morgan fingerprint density at radius 2 is 1.40 bits per heavy atom. The van der Waals surface area contributed by atoms with Gasteiger partial charge in [-0.05, 0) is 56.8 Å². The Morgan fingerprint density at radius 3 is 1.94 bits per heavy atom. The number of hydrogen-bond donors (Lipinski definition) is 3.